The number of halogens is 2. The van der Waals surface area contributed by atoms with E-state index in [9.17, 15) is 4.39 Å². The molecule has 0 N–H and O–H groups in total. The van der Waals surface area contributed by atoms with Gasteiger partial charge in [-0.2, -0.15) is 5.10 Å². The summed E-state index contributed by atoms with van der Waals surface area (Å²) in [6.07, 6.45) is 0.836. The highest BCUT2D eigenvalue weighted by Crippen LogP contribution is 2.33. The average molecular weight is 372 g/mol. The number of pyridine rings is 1. The van der Waals surface area contributed by atoms with Crippen molar-refractivity contribution in [3.63, 3.8) is 0 Å². The SMILES string of the molecule is Cc1cc(-c2nn(-c3ccc(F)c(Cl)c3)c3c2COC(C)C3)cc(C)n1. The molecule has 4 rings (SSSR count). The molecule has 1 aromatic carbocycles. The van der Waals surface area contributed by atoms with Crippen molar-refractivity contribution in [2.45, 2.75) is 39.9 Å². The molecule has 0 fully saturated rings. The third-order valence-electron chi connectivity index (χ3n) is 4.59. The van der Waals surface area contributed by atoms with E-state index in [0.717, 1.165) is 46.0 Å². The van der Waals surface area contributed by atoms with Crippen LogP contribution in [-0.4, -0.2) is 20.9 Å². The highest BCUT2D eigenvalue weighted by atomic mass is 35.5. The number of nitrogens with zero attached hydrogens (tertiary/aromatic N) is 3. The van der Waals surface area contributed by atoms with E-state index in [1.807, 2.05) is 37.6 Å². The van der Waals surface area contributed by atoms with Crippen LogP contribution in [0.25, 0.3) is 16.9 Å². The first kappa shape index (κ1) is 17.2. The van der Waals surface area contributed by atoms with Crippen LogP contribution in [0.5, 0.6) is 0 Å². The Morgan fingerprint density at radius 2 is 1.92 bits per heavy atom. The standard InChI is InChI=1S/C20H19ClFN3O/c1-11-6-14(7-12(2)23-11)20-16-10-26-13(3)8-19(16)25(24-20)15-4-5-18(22)17(21)9-15/h4-7,9,13H,8,10H2,1-3H3. The predicted molar refractivity (Wildman–Crippen MR) is 99.2 cm³/mol. The Kier molecular flexibility index (Phi) is 4.29. The molecule has 6 heteroatoms. The van der Waals surface area contributed by atoms with E-state index in [2.05, 4.69) is 4.98 Å². The zero-order valence-corrected chi connectivity index (χ0v) is 15.6. The van der Waals surface area contributed by atoms with Gasteiger partial charge in [-0.3, -0.25) is 4.98 Å². The summed E-state index contributed by atoms with van der Waals surface area (Å²) in [5, 5.41) is 4.93. The normalized spacial score (nSPS) is 16.6. The number of benzene rings is 1. The molecular formula is C20H19ClFN3O. The summed E-state index contributed by atoms with van der Waals surface area (Å²) in [7, 11) is 0. The van der Waals surface area contributed by atoms with Crippen molar-refractivity contribution in [1.29, 1.82) is 0 Å². The lowest BCUT2D eigenvalue weighted by Crippen LogP contribution is -2.21. The Bertz CT molecular complexity index is 979. The van der Waals surface area contributed by atoms with E-state index in [1.54, 1.807) is 12.1 Å². The van der Waals surface area contributed by atoms with Crippen molar-refractivity contribution in [1.82, 2.24) is 14.8 Å². The van der Waals surface area contributed by atoms with E-state index in [4.69, 9.17) is 21.4 Å². The molecule has 0 amide bonds. The van der Waals surface area contributed by atoms with E-state index in [0.29, 0.717) is 6.61 Å². The fourth-order valence-electron chi connectivity index (χ4n) is 3.44. The molecule has 134 valence electrons. The number of hydrogen-bond donors (Lipinski definition) is 0. The van der Waals surface area contributed by atoms with E-state index >= 15 is 0 Å². The van der Waals surface area contributed by atoms with Gasteiger partial charge in [0.2, 0.25) is 0 Å². The minimum Gasteiger partial charge on any atom is -0.373 e. The molecular weight excluding hydrogens is 353 g/mol. The maximum absolute atomic E-state index is 13.6. The van der Waals surface area contributed by atoms with Gasteiger partial charge in [0.15, 0.2) is 0 Å². The number of hydrogen-bond acceptors (Lipinski definition) is 3. The Labute approximate surface area is 156 Å². The van der Waals surface area contributed by atoms with Crippen LogP contribution in [0.1, 0.15) is 29.6 Å². The van der Waals surface area contributed by atoms with Gasteiger partial charge >= 0.3 is 0 Å². The first-order valence-corrected chi connectivity index (χ1v) is 8.93. The molecule has 0 aliphatic carbocycles. The van der Waals surface area contributed by atoms with Gasteiger partial charge in [0.25, 0.3) is 0 Å². The molecule has 26 heavy (non-hydrogen) atoms. The van der Waals surface area contributed by atoms with Crippen molar-refractivity contribution >= 4 is 11.6 Å². The molecule has 0 radical (unpaired) electrons. The second-order valence-electron chi connectivity index (χ2n) is 6.75. The van der Waals surface area contributed by atoms with E-state index in [-0.39, 0.29) is 11.1 Å². The van der Waals surface area contributed by atoms with Crippen molar-refractivity contribution in [2.75, 3.05) is 0 Å². The number of rotatable bonds is 2. The second-order valence-corrected chi connectivity index (χ2v) is 7.16. The Morgan fingerprint density at radius 1 is 1.19 bits per heavy atom. The molecule has 1 aliphatic rings. The number of aryl methyl sites for hydroxylation is 2. The molecule has 1 atom stereocenters. The number of ether oxygens (including phenoxy) is 1. The topological polar surface area (TPSA) is 39.9 Å². The van der Waals surface area contributed by atoms with Gasteiger partial charge in [-0.1, -0.05) is 11.6 Å². The smallest absolute Gasteiger partial charge is 0.141 e. The first-order valence-electron chi connectivity index (χ1n) is 8.56. The van der Waals surface area contributed by atoms with Gasteiger partial charge in [-0.25, -0.2) is 9.07 Å². The summed E-state index contributed by atoms with van der Waals surface area (Å²) in [6.45, 7) is 6.48. The zero-order valence-electron chi connectivity index (χ0n) is 14.9. The van der Waals surface area contributed by atoms with Gasteiger partial charge in [0.05, 0.1) is 34.8 Å². The van der Waals surface area contributed by atoms with Crippen LogP contribution < -0.4 is 0 Å². The van der Waals surface area contributed by atoms with Crippen LogP contribution in [0, 0.1) is 19.7 Å². The second kappa shape index (κ2) is 6.49. The van der Waals surface area contributed by atoms with E-state index in [1.165, 1.54) is 6.07 Å². The van der Waals surface area contributed by atoms with Crippen LogP contribution in [0.3, 0.4) is 0 Å². The molecule has 1 aliphatic heterocycles. The fourth-order valence-corrected chi connectivity index (χ4v) is 3.61. The average Bonchev–Trinajstić information content (AvgIpc) is 2.95. The van der Waals surface area contributed by atoms with Crippen molar-refractivity contribution in [3.05, 3.63) is 63.8 Å². The molecule has 4 nitrogen and oxygen atoms in total. The van der Waals surface area contributed by atoms with Crippen LogP contribution in [-0.2, 0) is 17.8 Å². The van der Waals surface area contributed by atoms with Gasteiger partial charge in [-0.05, 0) is 51.1 Å². The maximum Gasteiger partial charge on any atom is 0.141 e. The summed E-state index contributed by atoms with van der Waals surface area (Å²) in [4.78, 5) is 4.45. The first-order chi connectivity index (χ1) is 12.4. The molecule has 0 saturated carbocycles. The van der Waals surface area contributed by atoms with Crippen molar-refractivity contribution in [3.8, 4) is 16.9 Å². The molecule has 0 spiro atoms. The third-order valence-corrected chi connectivity index (χ3v) is 4.88. The number of aromatic nitrogens is 3. The summed E-state index contributed by atoms with van der Waals surface area (Å²) in [5.74, 6) is -0.436. The zero-order chi connectivity index (χ0) is 18.4. The minimum absolute atomic E-state index is 0.0870. The largest absolute Gasteiger partial charge is 0.373 e. The third kappa shape index (κ3) is 3.02. The summed E-state index contributed by atoms with van der Waals surface area (Å²) < 4.78 is 21.3. The van der Waals surface area contributed by atoms with Crippen LogP contribution in [0.4, 0.5) is 4.39 Å². The molecule has 2 aromatic heterocycles. The highest BCUT2D eigenvalue weighted by molar-refractivity contribution is 6.30. The summed E-state index contributed by atoms with van der Waals surface area (Å²) in [6, 6.07) is 8.72. The summed E-state index contributed by atoms with van der Waals surface area (Å²) >= 11 is 5.99. The molecule has 3 aromatic rings. The van der Waals surface area contributed by atoms with Crippen LogP contribution in [0.15, 0.2) is 30.3 Å². The van der Waals surface area contributed by atoms with Gasteiger partial charge in [-0.15, -0.1) is 0 Å². The Morgan fingerprint density at radius 3 is 2.62 bits per heavy atom. The van der Waals surface area contributed by atoms with Crippen molar-refractivity contribution < 1.29 is 9.13 Å². The lowest BCUT2D eigenvalue weighted by Gasteiger charge is -2.21. The quantitative estimate of drug-likeness (QED) is 0.649. The Hall–Kier alpha value is -2.24. The van der Waals surface area contributed by atoms with Crippen LogP contribution in [0.2, 0.25) is 5.02 Å². The van der Waals surface area contributed by atoms with E-state index < -0.39 is 5.82 Å². The van der Waals surface area contributed by atoms with Gasteiger partial charge < -0.3 is 4.74 Å². The number of fused-ring (bicyclic) bond motifs is 1. The van der Waals surface area contributed by atoms with Gasteiger partial charge in [0.1, 0.15) is 5.82 Å². The van der Waals surface area contributed by atoms with Crippen molar-refractivity contribution in [2.24, 2.45) is 0 Å². The fraction of sp³-hybridized carbons (Fsp3) is 0.300. The Balaban J connectivity index is 1.92. The molecule has 0 saturated heterocycles. The lowest BCUT2D eigenvalue weighted by molar-refractivity contribution is 0.0401. The molecule has 0 bridgehead atoms. The monoisotopic (exact) mass is 371 g/mol. The minimum atomic E-state index is -0.436. The maximum atomic E-state index is 13.6. The predicted octanol–water partition coefficient (Wildman–Crippen LogP) is 4.80. The van der Waals surface area contributed by atoms with Crippen LogP contribution >= 0.6 is 11.6 Å². The molecule has 3 heterocycles. The lowest BCUT2D eigenvalue weighted by atomic mass is 10.0. The highest BCUT2D eigenvalue weighted by Gasteiger charge is 2.26. The molecule has 1 unspecified atom stereocenters. The van der Waals surface area contributed by atoms with Gasteiger partial charge in [0, 0.05) is 28.9 Å². The summed E-state index contributed by atoms with van der Waals surface area (Å²) in [5.41, 5.74) is 6.66.